The van der Waals surface area contributed by atoms with E-state index in [4.69, 9.17) is 14.5 Å². The van der Waals surface area contributed by atoms with Crippen LogP contribution in [0.1, 0.15) is 23.4 Å². The molecule has 5 aromatic rings. The molecular formula is C29H28N2O2. The van der Waals surface area contributed by atoms with Crippen molar-refractivity contribution in [1.29, 1.82) is 0 Å². The third-order valence-corrected chi connectivity index (χ3v) is 5.81. The maximum Gasteiger partial charge on any atom is 0.147 e. The molecule has 0 spiro atoms. The lowest BCUT2D eigenvalue weighted by Gasteiger charge is -2.12. The van der Waals surface area contributed by atoms with Gasteiger partial charge in [-0.3, -0.25) is 0 Å². The first-order valence-electron chi connectivity index (χ1n) is 11.4. The highest BCUT2D eigenvalue weighted by atomic mass is 16.5. The Morgan fingerprint density at radius 3 is 2.33 bits per heavy atom. The molecule has 4 nitrogen and oxygen atoms in total. The van der Waals surface area contributed by atoms with Crippen molar-refractivity contribution in [3.63, 3.8) is 0 Å². The van der Waals surface area contributed by atoms with Gasteiger partial charge in [-0.15, -0.1) is 0 Å². The van der Waals surface area contributed by atoms with Crippen LogP contribution in [-0.2, 0) is 13.2 Å². The van der Waals surface area contributed by atoms with Crippen LogP contribution in [0, 0.1) is 13.8 Å². The third-order valence-electron chi connectivity index (χ3n) is 5.81. The molecule has 4 heteroatoms. The van der Waals surface area contributed by atoms with Gasteiger partial charge in [-0.1, -0.05) is 48.5 Å². The number of para-hydroxylation sites is 2. The van der Waals surface area contributed by atoms with Crippen molar-refractivity contribution in [2.24, 2.45) is 0 Å². The van der Waals surface area contributed by atoms with Crippen molar-refractivity contribution >= 4 is 21.8 Å². The quantitative estimate of drug-likeness (QED) is 0.249. The molecule has 0 bridgehead atoms. The van der Waals surface area contributed by atoms with Crippen LogP contribution in [0.15, 0.2) is 84.9 Å². The van der Waals surface area contributed by atoms with Gasteiger partial charge in [-0.25, -0.2) is 4.98 Å². The number of ether oxygens (including phenoxy) is 2. The zero-order valence-electron chi connectivity index (χ0n) is 19.1. The van der Waals surface area contributed by atoms with Crippen molar-refractivity contribution in [1.82, 2.24) is 9.55 Å². The second-order valence-electron chi connectivity index (χ2n) is 8.49. The fourth-order valence-corrected chi connectivity index (χ4v) is 4.32. The SMILES string of the molecule is Cc1cc(C)cc(OCCCn2c(COc3ccc4ccccc4c3)nc3ccccc32)c1. The minimum Gasteiger partial charge on any atom is -0.494 e. The first kappa shape index (κ1) is 21.1. The monoisotopic (exact) mass is 436 g/mol. The normalized spacial score (nSPS) is 11.2. The lowest BCUT2D eigenvalue weighted by molar-refractivity contribution is 0.280. The van der Waals surface area contributed by atoms with E-state index in [1.165, 1.54) is 21.9 Å². The molecule has 166 valence electrons. The topological polar surface area (TPSA) is 36.3 Å². The Hall–Kier alpha value is -3.79. The number of aromatic nitrogens is 2. The molecule has 1 aromatic heterocycles. The van der Waals surface area contributed by atoms with E-state index in [-0.39, 0.29) is 0 Å². The second-order valence-corrected chi connectivity index (χ2v) is 8.49. The van der Waals surface area contributed by atoms with Gasteiger partial charge in [0.25, 0.3) is 0 Å². The first-order valence-corrected chi connectivity index (χ1v) is 11.4. The predicted molar refractivity (Wildman–Crippen MR) is 134 cm³/mol. The van der Waals surface area contributed by atoms with Crippen LogP contribution < -0.4 is 9.47 Å². The Bertz CT molecular complexity index is 1380. The number of hydrogen-bond donors (Lipinski definition) is 0. The van der Waals surface area contributed by atoms with Crippen LogP contribution in [-0.4, -0.2) is 16.2 Å². The zero-order chi connectivity index (χ0) is 22.6. The summed E-state index contributed by atoms with van der Waals surface area (Å²) in [5, 5.41) is 2.38. The molecule has 0 fully saturated rings. The number of imidazole rings is 1. The number of fused-ring (bicyclic) bond motifs is 2. The molecule has 0 aliphatic carbocycles. The first-order chi connectivity index (χ1) is 16.2. The molecule has 1 heterocycles. The molecule has 0 aliphatic heterocycles. The molecule has 0 saturated heterocycles. The van der Waals surface area contributed by atoms with Crippen LogP contribution in [0.5, 0.6) is 11.5 Å². The minimum atomic E-state index is 0.422. The van der Waals surface area contributed by atoms with Crippen molar-refractivity contribution in [2.75, 3.05) is 6.61 Å². The van der Waals surface area contributed by atoms with Gasteiger partial charge in [-0.05, 0) is 78.6 Å². The number of hydrogen-bond acceptors (Lipinski definition) is 3. The Kier molecular flexibility index (Phi) is 5.99. The van der Waals surface area contributed by atoms with Crippen LogP contribution in [0.25, 0.3) is 21.8 Å². The van der Waals surface area contributed by atoms with Crippen LogP contribution >= 0.6 is 0 Å². The highest BCUT2D eigenvalue weighted by Crippen LogP contribution is 2.23. The predicted octanol–water partition coefficient (Wildman–Crippen LogP) is 6.85. The van der Waals surface area contributed by atoms with Crippen molar-refractivity contribution in [2.45, 2.75) is 33.4 Å². The van der Waals surface area contributed by atoms with Gasteiger partial charge in [0.2, 0.25) is 0 Å². The largest absolute Gasteiger partial charge is 0.494 e. The summed E-state index contributed by atoms with van der Waals surface area (Å²) >= 11 is 0. The number of nitrogens with zero attached hydrogens (tertiary/aromatic N) is 2. The molecule has 0 N–H and O–H groups in total. The highest BCUT2D eigenvalue weighted by Gasteiger charge is 2.11. The van der Waals surface area contributed by atoms with Gasteiger partial charge in [0.05, 0.1) is 17.6 Å². The molecule has 5 rings (SSSR count). The minimum absolute atomic E-state index is 0.422. The summed E-state index contributed by atoms with van der Waals surface area (Å²) in [4.78, 5) is 4.85. The van der Waals surface area contributed by atoms with Gasteiger partial charge in [0.1, 0.15) is 23.9 Å². The van der Waals surface area contributed by atoms with Crippen molar-refractivity contribution < 1.29 is 9.47 Å². The zero-order valence-corrected chi connectivity index (χ0v) is 19.1. The van der Waals surface area contributed by atoms with E-state index in [0.717, 1.165) is 41.3 Å². The molecular weight excluding hydrogens is 408 g/mol. The summed E-state index contributed by atoms with van der Waals surface area (Å²) < 4.78 is 14.4. The fraction of sp³-hybridized carbons (Fsp3) is 0.207. The molecule has 0 aliphatic rings. The van der Waals surface area contributed by atoms with E-state index in [2.05, 4.69) is 85.1 Å². The Morgan fingerprint density at radius 1 is 0.727 bits per heavy atom. The number of aryl methyl sites for hydroxylation is 3. The average Bonchev–Trinajstić information content (AvgIpc) is 3.17. The lowest BCUT2D eigenvalue weighted by atomic mass is 10.1. The summed E-state index contributed by atoms with van der Waals surface area (Å²) in [6.45, 7) is 6.09. The van der Waals surface area contributed by atoms with E-state index in [1.807, 2.05) is 18.2 Å². The van der Waals surface area contributed by atoms with Crippen LogP contribution in [0.3, 0.4) is 0 Å². The molecule has 0 amide bonds. The highest BCUT2D eigenvalue weighted by molar-refractivity contribution is 5.83. The number of rotatable bonds is 8. The molecule has 0 radical (unpaired) electrons. The van der Waals surface area contributed by atoms with Gasteiger partial charge >= 0.3 is 0 Å². The van der Waals surface area contributed by atoms with E-state index < -0.39 is 0 Å². The summed E-state index contributed by atoms with van der Waals surface area (Å²) in [6, 6.07) is 29.1. The smallest absolute Gasteiger partial charge is 0.147 e. The standard InChI is InChI=1S/C29H28N2O2/c1-21-16-22(2)18-26(17-21)32-15-7-14-31-28-11-6-5-10-27(28)30-29(31)20-33-25-13-12-23-8-3-4-9-24(23)19-25/h3-6,8-13,16-19H,7,14-15,20H2,1-2H3. The van der Waals surface area contributed by atoms with Crippen LogP contribution in [0.4, 0.5) is 0 Å². The summed E-state index contributed by atoms with van der Waals surface area (Å²) in [6.07, 6.45) is 0.885. The number of benzene rings is 4. The summed E-state index contributed by atoms with van der Waals surface area (Å²) in [5.41, 5.74) is 4.56. The van der Waals surface area contributed by atoms with Crippen molar-refractivity contribution in [3.05, 3.63) is 102 Å². The Balaban J connectivity index is 1.29. The molecule has 0 unspecified atom stereocenters. The van der Waals surface area contributed by atoms with E-state index in [0.29, 0.717) is 13.2 Å². The van der Waals surface area contributed by atoms with E-state index in [9.17, 15) is 0 Å². The summed E-state index contributed by atoms with van der Waals surface area (Å²) in [7, 11) is 0. The fourth-order valence-electron chi connectivity index (χ4n) is 4.32. The second kappa shape index (κ2) is 9.37. The summed E-state index contributed by atoms with van der Waals surface area (Å²) in [5.74, 6) is 2.71. The van der Waals surface area contributed by atoms with Crippen LogP contribution in [0.2, 0.25) is 0 Å². The Morgan fingerprint density at radius 2 is 1.48 bits per heavy atom. The van der Waals surface area contributed by atoms with Gasteiger partial charge in [0.15, 0.2) is 0 Å². The molecule has 4 aromatic carbocycles. The Labute approximate surface area is 194 Å². The maximum absolute atomic E-state index is 6.16. The van der Waals surface area contributed by atoms with Gasteiger partial charge in [-0.2, -0.15) is 0 Å². The lowest BCUT2D eigenvalue weighted by Crippen LogP contribution is -2.10. The molecule has 0 atom stereocenters. The molecule has 0 saturated carbocycles. The average molecular weight is 437 g/mol. The third kappa shape index (κ3) is 4.85. The van der Waals surface area contributed by atoms with Gasteiger partial charge in [0, 0.05) is 6.54 Å². The van der Waals surface area contributed by atoms with E-state index >= 15 is 0 Å². The van der Waals surface area contributed by atoms with Crippen molar-refractivity contribution in [3.8, 4) is 11.5 Å². The molecule has 33 heavy (non-hydrogen) atoms. The van der Waals surface area contributed by atoms with Gasteiger partial charge < -0.3 is 14.0 Å². The van der Waals surface area contributed by atoms with E-state index in [1.54, 1.807) is 0 Å². The maximum atomic E-state index is 6.16.